The molecule has 0 N–H and O–H groups in total. The minimum Gasteiger partial charge on any atom is -0.456 e. The van der Waals surface area contributed by atoms with Crippen LogP contribution in [0.4, 0.5) is 0 Å². The largest absolute Gasteiger partial charge is 0.456 e. The minimum absolute atomic E-state index is 0.0662. The average molecular weight is 659 g/mol. The number of furan rings is 1. The van der Waals surface area contributed by atoms with E-state index in [9.17, 15) is 0 Å². The summed E-state index contributed by atoms with van der Waals surface area (Å²) in [6, 6.07) is 40.6. The zero-order valence-corrected chi connectivity index (χ0v) is 27.0. The molecule has 0 radical (unpaired) electrons. The van der Waals surface area contributed by atoms with Crippen LogP contribution in [0.1, 0.15) is 9.60 Å². The zero-order valence-electron chi connectivity index (χ0n) is 34.0. The Kier molecular flexibility index (Phi) is 5.29. The molecule has 0 amide bonds. The highest BCUT2D eigenvalue weighted by Crippen LogP contribution is 2.37. The Bertz CT molecular complexity index is 3320. The molecule has 4 heteroatoms. The van der Waals surface area contributed by atoms with Crippen LogP contribution in [0.5, 0.6) is 0 Å². The third kappa shape index (κ3) is 5.13. The van der Waals surface area contributed by atoms with E-state index < -0.39 is 42.3 Å². The Morgan fingerprint density at radius 2 is 1.04 bits per heavy atom. The number of hydrogen-bond donors (Lipinski definition) is 0. The van der Waals surface area contributed by atoms with Crippen molar-refractivity contribution in [3.63, 3.8) is 0 Å². The van der Waals surface area contributed by atoms with Crippen LogP contribution < -0.4 is 0 Å². The van der Waals surface area contributed by atoms with E-state index >= 15 is 0 Å². The first-order valence-corrected chi connectivity index (χ1v) is 16.5. The van der Waals surface area contributed by atoms with E-state index in [1.54, 1.807) is 0 Å². The molecule has 0 aliphatic heterocycles. The predicted octanol–water partition coefficient (Wildman–Crippen LogP) is 12.4. The summed E-state index contributed by atoms with van der Waals surface area (Å²) >= 11 is 0. The molecule has 0 aliphatic carbocycles. The molecule has 2 aromatic heterocycles. The van der Waals surface area contributed by atoms with Crippen molar-refractivity contribution in [2.24, 2.45) is 0 Å². The summed E-state index contributed by atoms with van der Waals surface area (Å²) in [6.45, 7) is 0. The number of benzene rings is 8. The van der Waals surface area contributed by atoms with Gasteiger partial charge in [0.05, 0.1) is 9.60 Å². The Labute approximate surface area is 304 Å². The van der Waals surface area contributed by atoms with Gasteiger partial charge in [-0.15, -0.1) is 0 Å². The fourth-order valence-electron chi connectivity index (χ4n) is 6.74. The number of hydrogen-bond acceptors (Lipinski definition) is 4. The van der Waals surface area contributed by atoms with E-state index in [-0.39, 0.29) is 33.8 Å². The summed E-state index contributed by atoms with van der Waals surface area (Å²) in [4.78, 5) is 14.8. The fourth-order valence-corrected chi connectivity index (χ4v) is 6.74. The van der Waals surface area contributed by atoms with Gasteiger partial charge in [0.1, 0.15) is 11.2 Å². The van der Waals surface area contributed by atoms with Crippen LogP contribution in [0.2, 0.25) is 0 Å². The molecule has 2 heterocycles. The van der Waals surface area contributed by atoms with E-state index in [1.165, 1.54) is 10.8 Å². The molecule has 51 heavy (non-hydrogen) atoms. The maximum absolute atomic E-state index is 9.10. The van der Waals surface area contributed by atoms with Gasteiger partial charge in [0.15, 0.2) is 17.5 Å². The highest BCUT2D eigenvalue weighted by atomic mass is 16.3. The molecule has 8 aromatic carbocycles. The minimum atomic E-state index is -0.535. The van der Waals surface area contributed by atoms with Crippen molar-refractivity contribution in [2.75, 3.05) is 0 Å². The number of fused-ring (bicyclic) bond motifs is 5. The van der Waals surface area contributed by atoms with Crippen molar-refractivity contribution < 1.29 is 14.0 Å². The third-order valence-electron chi connectivity index (χ3n) is 9.24. The lowest BCUT2D eigenvalue weighted by Gasteiger charge is -2.12. The van der Waals surface area contributed by atoms with Gasteiger partial charge in [0.25, 0.3) is 0 Å². The van der Waals surface area contributed by atoms with Crippen molar-refractivity contribution in [3.8, 4) is 56.4 Å². The smallest absolute Gasteiger partial charge is 0.164 e. The van der Waals surface area contributed by atoms with Crippen LogP contribution >= 0.6 is 0 Å². The zero-order chi connectivity index (χ0) is 39.8. The van der Waals surface area contributed by atoms with Crippen LogP contribution in [0.3, 0.4) is 0 Å². The first kappa shape index (κ1) is 22.7. The van der Waals surface area contributed by atoms with Crippen LogP contribution in [0, 0.1) is 0 Å². The van der Waals surface area contributed by atoms with E-state index in [1.807, 2.05) is 78.9 Å². The summed E-state index contributed by atoms with van der Waals surface area (Å²) in [5.41, 5.74) is 6.53. The number of aromatic nitrogens is 3. The second-order valence-electron chi connectivity index (χ2n) is 12.3. The highest BCUT2D eigenvalue weighted by Gasteiger charge is 2.19. The first-order valence-electron chi connectivity index (χ1n) is 20.0. The molecule has 0 unspecified atom stereocenters. The summed E-state index contributed by atoms with van der Waals surface area (Å²) in [6.07, 6.45) is 0. The molecule has 0 fully saturated rings. The summed E-state index contributed by atoms with van der Waals surface area (Å²) in [5, 5.41) is 3.69. The summed E-state index contributed by atoms with van der Waals surface area (Å²) in [5.74, 6) is 0.412. The molecule has 0 saturated carbocycles. The Morgan fingerprint density at radius 3 is 1.92 bits per heavy atom. The van der Waals surface area contributed by atoms with E-state index in [4.69, 9.17) is 29.0 Å². The molecule has 10 aromatic rings. The quantitative estimate of drug-likeness (QED) is 0.185. The van der Waals surface area contributed by atoms with Gasteiger partial charge in [0, 0.05) is 27.5 Å². The number of rotatable bonds is 5. The van der Waals surface area contributed by atoms with Gasteiger partial charge in [-0.1, -0.05) is 151 Å². The van der Waals surface area contributed by atoms with Gasteiger partial charge in [-0.25, -0.2) is 15.0 Å². The second kappa shape index (κ2) is 11.9. The van der Waals surface area contributed by atoms with Crippen molar-refractivity contribution >= 4 is 43.5 Å². The van der Waals surface area contributed by atoms with Gasteiger partial charge in [-0.05, 0) is 68.1 Å². The van der Waals surface area contributed by atoms with Crippen molar-refractivity contribution in [2.45, 2.75) is 0 Å². The molecular weight excluding hydrogens is 623 g/mol. The normalized spacial score (nSPS) is 13.5. The van der Waals surface area contributed by atoms with E-state index in [2.05, 4.69) is 54.6 Å². The lowest BCUT2D eigenvalue weighted by atomic mass is 9.97. The number of nitrogens with zero attached hydrogens (tertiary/aromatic N) is 3. The van der Waals surface area contributed by atoms with Gasteiger partial charge in [0.2, 0.25) is 0 Å². The second-order valence-corrected chi connectivity index (χ2v) is 12.3. The first-order chi connectivity index (χ1) is 28.2. The van der Waals surface area contributed by atoms with Crippen LogP contribution in [-0.4, -0.2) is 15.0 Å². The van der Waals surface area contributed by atoms with Crippen LogP contribution in [0.25, 0.3) is 99.9 Å². The topological polar surface area (TPSA) is 51.8 Å². The fraction of sp³-hybridized carbons (Fsp3) is 0. The molecule has 0 saturated heterocycles. The molecule has 0 aliphatic rings. The summed E-state index contributed by atoms with van der Waals surface area (Å²) in [7, 11) is 0. The summed E-state index contributed by atoms with van der Waals surface area (Å²) < 4.78 is 67.1. The average Bonchev–Trinajstić information content (AvgIpc) is 3.65. The van der Waals surface area contributed by atoms with Crippen molar-refractivity contribution in [1.82, 2.24) is 15.0 Å². The van der Waals surface area contributed by atoms with Gasteiger partial charge < -0.3 is 4.42 Å². The number of para-hydroxylation sites is 1. The lowest BCUT2D eigenvalue weighted by Crippen LogP contribution is -2.01. The molecule has 0 spiro atoms. The maximum Gasteiger partial charge on any atom is 0.164 e. The van der Waals surface area contributed by atoms with Crippen molar-refractivity contribution in [3.05, 3.63) is 176 Å². The highest BCUT2D eigenvalue weighted by molar-refractivity contribution is 6.11. The van der Waals surface area contributed by atoms with Crippen LogP contribution in [0.15, 0.2) is 180 Å². The monoisotopic (exact) mass is 658 g/mol. The van der Waals surface area contributed by atoms with Gasteiger partial charge >= 0.3 is 0 Å². The molecule has 0 atom stereocenters. The molecular formula is C47H29N3O. The predicted molar refractivity (Wildman–Crippen MR) is 209 cm³/mol. The SMILES string of the molecule is [2H]c1c([2H])c([2H])c2c(-c3nc(-c4cccc(-c5ccc(-c6ccc7ccccc7c6)cc5)c4)nc(-c4cccc5oc6ccccc6c45)n3)c([2H])c([2H])c([2H])c2c1[2H]. The van der Waals surface area contributed by atoms with E-state index in [0.717, 1.165) is 33.0 Å². The van der Waals surface area contributed by atoms with Crippen LogP contribution in [-0.2, 0) is 0 Å². The third-order valence-corrected chi connectivity index (χ3v) is 9.24. The molecule has 238 valence electrons. The standard InChI is InChI=1S/C47H29N3O/c1-2-12-34-28-36(27-26-30(34)10-1)32-24-22-31(23-25-32)35-14-7-15-37(29-35)45-48-46(39-18-8-13-33-11-3-4-16-38(33)39)50-47(49-45)41-19-9-21-43-44(41)40-17-5-6-20-42(40)51-43/h1-29H/i3D,4D,8D,11D,13D,16D,18D. The van der Waals surface area contributed by atoms with Crippen molar-refractivity contribution in [1.29, 1.82) is 0 Å². The Balaban J connectivity index is 1.18. The Morgan fingerprint density at radius 1 is 0.392 bits per heavy atom. The molecule has 10 rings (SSSR count). The lowest BCUT2D eigenvalue weighted by molar-refractivity contribution is 0.669. The Hall–Kier alpha value is -6.91. The van der Waals surface area contributed by atoms with E-state index in [0.29, 0.717) is 22.3 Å². The van der Waals surface area contributed by atoms with Gasteiger partial charge in [-0.2, -0.15) is 0 Å². The molecule has 0 bridgehead atoms. The maximum atomic E-state index is 9.10. The van der Waals surface area contributed by atoms with Gasteiger partial charge in [-0.3, -0.25) is 0 Å². The molecule has 4 nitrogen and oxygen atoms in total.